The molecular weight excluding hydrogens is 286 g/mol. The summed E-state index contributed by atoms with van der Waals surface area (Å²) in [7, 11) is 0. The third kappa shape index (κ3) is 3.19. The smallest absolute Gasteiger partial charge is 0.166 e. The average Bonchev–Trinajstić information content (AvgIpc) is 2.37. The maximum absolute atomic E-state index is 13.6. The van der Waals surface area contributed by atoms with Crippen molar-refractivity contribution in [1.29, 1.82) is 0 Å². The van der Waals surface area contributed by atoms with Gasteiger partial charge >= 0.3 is 0 Å². The molecule has 0 saturated carbocycles. The van der Waals surface area contributed by atoms with E-state index in [9.17, 15) is 17.6 Å². The average molecular weight is 300 g/mol. The molecule has 2 N–H and O–H groups in total. The SMILES string of the molecule is Cl.N[C@H](c1c(F)c(F)cc(F)c1F)C1CCOCC1. The zero-order valence-electron chi connectivity index (χ0n) is 9.97. The van der Waals surface area contributed by atoms with Crippen LogP contribution in [-0.2, 0) is 4.74 Å². The van der Waals surface area contributed by atoms with Crippen LogP contribution in [0.3, 0.4) is 0 Å². The van der Waals surface area contributed by atoms with Gasteiger partial charge in [-0.2, -0.15) is 0 Å². The van der Waals surface area contributed by atoms with E-state index in [1.54, 1.807) is 0 Å². The van der Waals surface area contributed by atoms with Crippen LogP contribution in [0.25, 0.3) is 0 Å². The zero-order valence-corrected chi connectivity index (χ0v) is 10.8. The summed E-state index contributed by atoms with van der Waals surface area (Å²) < 4.78 is 58.4. The lowest BCUT2D eigenvalue weighted by molar-refractivity contribution is 0.0574. The maximum atomic E-state index is 13.6. The molecule has 0 aromatic heterocycles. The summed E-state index contributed by atoms with van der Waals surface area (Å²) in [4.78, 5) is 0. The van der Waals surface area contributed by atoms with E-state index in [0.717, 1.165) is 0 Å². The molecule has 0 aliphatic carbocycles. The molecule has 0 unspecified atom stereocenters. The fraction of sp³-hybridized carbons (Fsp3) is 0.500. The Balaban J connectivity index is 0.00000180. The van der Waals surface area contributed by atoms with E-state index in [2.05, 4.69) is 0 Å². The summed E-state index contributed by atoms with van der Waals surface area (Å²) in [6, 6.07) is -0.885. The predicted molar refractivity (Wildman–Crippen MR) is 64.0 cm³/mol. The molecule has 1 atom stereocenters. The molecule has 1 heterocycles. The van der Waals surface area contributed by atoms with Gasteiger partial charge in [0.2, 0.25) is 0 Å². The minimum absolute atomic E-state index is 0. The molecule has 7 heteroatoms. The Morgan fingerprint density at radius 2 is 1.53 bits per heavy atom. The largest absolute Gasteiger partial charge is 0.381 e. The highest BCUT2D eigenvalue weighted by Crippen LogP contribution is 2.32. The van der Waals surface area contributed by atoms with Crippen molar-refractivity contribution in [2.24, 2.45) is 11.7 Å². The van der Waals surface area contributed by atoms with Crippen LogP contribution in [-0.4, -0.2) is 13.2 Å². The van der Waals surface area contributed by atoms with Crippen molar-refractivity contribution < 1.29 is 22.3 Å². The van der Waals surface area contributed by atoms with Gasteiger partial charge in [0, 0.05) is 30.9 Å². The normalized spacial score (nSPS) is 17.9. The van der Waals surface area contributed by atoms with Crippen molar-refractivity contribution in [2.75, 3.05) is 13.2 Å². The molecule has 1 aliphatic rings. The highest BCUT2D eigenvalue weighted by molar-refractivity contribution is 5.85. The van der Waals surface area contributed by atoms with E-state index in [4.69, 9.17) is 10.5 Å². The van der Waals surface area contributed by atoms with Crippen LogP contribution in [0, 0.1) is 29.2 Å². The molecule has 1 fully saturated rings. The molecule has 1 saturated heterocycles. The second-order valence-electron chi connectivity index (χ2n) is 4.36. The third-order valence-corrected chi connectivity index (χ3v) is 3.25. The molecule has 0 radical (unpaired) electrons. The number of rotatable bonds is 2. The lowest BCUT2D eigenvalue weighted by Gasteiger charge is -2.28. The molecule has 1 aromatic carbocycles. The topological polar surface area (TPSA) is 35.2 Å². The van der Waals surface area contributed by atoms with Gasteiger partial charge in [-0.15, -0.1) is 12.4 Å². The molecule has 0 amide bonds. The first-order chi connectivity index (χ1) is 8.52. The summed E-state index contributed by atoms with van der Waals surface area (Å²) in [6.45, 7) is 0.860. The second kappa shape index (κ2) is 6.54. The Morgan fingerprint density at radius 3 is 2.00 bits per heavy atom. The lowest BCUT2D eigenvalue weighted by Crippen LogP contribution is -2.29. The van der Waals surface area contributed by atoms with Crippen LogP contribution in [0.2, 0.25) is 0 Å². The van der Waals surface area contributed by atoms with Crippen molar-refractivity contribution in [2.45, 2.75) is 18.9 Å². The van der Waals surface area contributed by atoms with Crippen LogP contribution in [0.1, 0.15) is 24.4 Å². The number of hydrogen-bond acceptors (Lipinski definition) is 2. The van der Waals surface area contributed by atoms with Crippen LogP contribution in [0.15, 0.2) is 6.07 Å². The number of hydrogen-bond donors (Lipinski definition) is 1. The van der Waals surface area contributed by atoms with Gasteiger partial charge in [-0.25, -0.2) is 17.6 Å². The first-order valence-electron chi connectivity index (χ1n) is 5.68. The molecule has 1 aliphatic heterocycles. The number of halogens is 5. The minimum atomic E-state index is -1.42. The predicted octanol–water partition coefficient (Wildman–Crippen LogP) is 3.09. The summed E-state index contributed by atoms with van der Waals surface area (Å²) in [6.07, 6.45) is 1.02. The number of benzene rings is 1. The van der Waals surface area contributed by atoms with Gasteiger partial charge in [-0.1, -0.05) is 0 Å². The Morgan fingerprint density at radius 1 is 1.05 bits per heavy atom. The number of ether oxygens (including phenoxy) is 1. The molecule has 0 bridgehead atoms. The molecule has 108 valence electrons. The highest BCUT2D eigenvalue weighted by atomic mass is 35.5. The van der Waals surface area contributed by atoms with Gasteiger partial charge in [0.15, 0.2) is 23.3 Å². The Bertz CT molecular complexity index is 426. The summed E-state index contributed by atoms with van der Waals surface area (Å²) in [5, 5.41) is 0. The van der Waals surface area contributed by atoms with E-state index >= 15 is 0 Å². The van der Waals surface area contributed by atoms with Crippen molar-refractivity contribution in [3.63, 3.8) is 0 Å². The van der Waals surface area contributed by atoms with Gasteiger partial charge in [-0.05, 0) is 18.8 Å². The quantitative estimate of drug-likeness (QED) is 0.673. The molecule has 2 nitrogen and oxygen atoms in total. The molecule has 1 aromatic rings. The second-order valence-corrected chi connectivity index (χ2v) is 4.36. The standard InChI is InChI=1S/C12H13F4NO.ClH/c13-7-5-8(14)11(16)9(10(7)15)12(17)6-1-3-18-4-2-6;/h5-6,12H,1-4,17H2;1H/t12-;/m0./s1. The molecular formula is C12H14ClF4NO. The van der Waals surface area contributed by atoms with Crippen molar-refractivity contribution in [1.82, 2.24) is 0 Å². The Hall–Kier alpha value is -0.850. The third-order valence-electron chi connectivity index (χ3n) is 3.25. The fourth-order valence-electron chi connectivity index (χ4n) is 2.19. The van der Waals surface area contributed by atoms with Crippen molar-refractivity contribution >= 4 is 12.4 Å². The zero-order chi connectivity index (χ0) is 13.3. The van der Waals surface area contributed by atoms with Gasteiger partial charge in [0.05, 0.1) is 0 Å². The first kappa shape index (κ1) is 16.2. The van der Waals surface area contributed by atoms with Gasteiger partial charge in [0.25, 0.3) is 0 Å². The van der Waals surface area contributed by atoms with Crippen molar-refractivity contribution in [3.05, 3.63) is 34.9 Å². The molecule has 19 heavy (non-hydrogen) atoms. The van der Waals surface area contributed by atoms with E-state index in [0.29, 0.717) is 26.1 Å². The summed E-state index contributed by atoms with van der Waals surface area (Å²) in [5.74, 6) is -5.91. The summed E-state index contributed by atoms with van der Waals surface area (Å²) >= 11 is 0. The van der Waals surface area contributed by atoms with E-state index in [-0.39, 0.29) is 24.4 Å². The Kier molecular flexibility index (Phi) is 5.58. The van der Waals surface area contributed by atoms with Crippen LogP contribution in [0.5, 0.6) is 0 Å². The van der Waals surface area contributed by atoms with Crippen LogP contribution >= 0.6 is 12.4 Å². The monoisotopic (exact) mass is 299 g/mol. The van der Waals surface area contributed by atoms with Crippen LogP contribution < -0.4 is 5.73 Å². The van der Waals surface area contributed by atoms with Gasteiger partial charge < -0.3 is 10.5 Å². The maximum Gasteiger partial charge on any atom is 0.166 e. The van der Waals surface area contributed by atoms with Crippen LogP contribution in [0.4, 0.5) is 17.6 Å². The number of nitrogens with two attached hydrogens (primary N) is 1. The van der Waals surface area contributed by atoms with E-state index in [1.807, 2.05) is 0 Å². The highest BCUT2D eigenvalue weighted by Gasteiger charge is 2.30. The van der Waals surface area contributed by atoms with E-state index < -0.39 is 34.9 Å². The molecule has 0 spiro atoms. The summed E-state index contributed by atoms with van der Waals surface area (Å²) in [5.41, 5.74) is 5.03. The van der Waals surface area contributed by atoms with E-state index in [1.165, 1.54) is 0 Å². The van der Waals surface area contributed by atoms with Crippen molar-refractivity contribution in [3.8, 4) is 0 Å². The Labute approximate surface area is 114 Å². The fourth-order valence-corrected chi connectivity index (χ4v) is 2.19. The van der Waals surface area contributed by atoms with Gasteiger partial charge in [-0.3, -0.25) is 0 Å². The molecule has 2 rings (SSSR count). The lowest BCUT2D eigenvalue weighted by atomic mass is 9.87. The van der Waals surface area contributed by atoms with Gasteiger partial charge in [0.1, 0.15) is 0 Å². The first-order valence-corrected chi connectivity index (χ1v) is 5.68. The minimum Gasteiger partial charge on any atom is -0.381 e.